The molecule has 148 valence electrons. The highest BCUT2D eigenvalue weighted by Crippen LogP contribution is 2.21. The van der Waals surface area contributed by atoms with Crippen LogP contribution < -0.4 is 0 Å². The van der Waals surface area contributed by atoms with E-state index in [0.29, 0.717) is 17.4 Å². The van der Waals surface area contributed by atoms with Gasteiger partial charge >= 0.3 is 5.97 Å². The van der Waals surface area contributed by atoms with Gasteiger partial charge in [0.2, 0.25) is 0 Å². The van der Waals surface area contributed by atoms with Crippen LogP contribution in [-0.4, -0.2) is 24.8 Å². The Morgan fingerprint density at radius 1 is 0.920 bits per heavy atom. The monoisotopic (exact) mass is 354 g/mol. The fraction of sp³-hybridized carbons (Fsp3) is 0.682. The Bertz CT molecular complexity index is 398. The fourth-order valence-corrected chi connectivity index (χ4v) is 0.549. The minimum absolute atomic E-state index is 0.180. The first-order chi connectivity index (χ1) is 11.0. The van der Waals surface area contributed by atoms with Crippen LogP contribution in [0.15, 0.2) is 37.5 Å². The summed E-state index contributed by atoms with van der Waals surface area (Å²) in [6, 6.07) is 0. The number of carbonyl (C=O) groups is 1. The average molecular weight is 355 g/mol. The van der Waals surface area contributed by atoms with Crippen molar-refractivity contribution in [1.82, 2.24) is 0 Å². The summed E-state index contributed by atoms with van der Waals surface area (Å²) >= 11 is 0. The van der Waals surface area contributed by atoms with Crippen LogP contribution in [0.25, 0.3) is 0 Å². The van der Waals surface area contributed by atoms with Gasteiger partial charge in [0.25, 0.3) is 0 Å². The highest BCUT2D eigenvalue weighted by molar-refractivity contribution is 5.81. The maximum Gasteiger partial charge on any atom is 0.330 e. The standard InChI is InChI=1S/C9H16O3.C7H14.C6H12/c1-5-8(10)11-6-7-12-9(2,3)4;1-6(2)7(3,4)5;1-5-6(2,3)4/h5H,1,6-7H2,2-4H3;1H2,2-5H3;5H,1H2,2-4H3. The predicted octanol–water partition coefficient (Wildman–Crippen LogP) is 6.36. The van der Waals surface area contributed by atoms with Gasteiger partial charge in [0.05, 0.1) is 12.2 Å². The Hall–Kier alpha value is -1.35. The molecule has 25 heavy (non-hydrogen) atoms. The molecule has 0 rings (SSSR count). The first-order valence-electron chi connectivity index (χ1n) is 8.69. The molecule has 0 radical (unpaired) electrons. The largest absolute Gasteiger partial charge is 0.460 e. The zero-order valence-electron chi connectivity index (χ0n) is 18.4. The molecule has 0 fully saturated rings. The van der Waals surface area contributed by atoms with Crippen molar-refractivity contribution in [3.63, 3.8) is 0 Å². The van der Waals surface area contributed by atoms with Crippen molar-refractivity contribution >= 4 is 5.97 Å². The number of ether oxygens (including phenoxy) is 2. The Morgan fingerprint density at radius 2 is 1.28 bits per heavy atom. The van der Waals surface area contributed by atoms with Crippen molar-refractivity contribution in [3.05, 3.63) is 37.5 Å². The number of rotatable bonds is 4. The van der Waals surface area contributed by atoms with Gasteiger partial charge in [-0.05, 0) is 38.5 Å². The summed E-state index contributed by atoms with van der Waals surface area (Å²) in [5.41, 5.74) is 1.67. The zero-order valence-corrected chi connectivity index (χ0v) is 18.4. The molecule has 0 saturated heterocycles. The third kappa shape index (κ3) is 31.0. The zero-order chi connectivity index (χ0) is 20.9. The van der Waals surface area contributed by atoms with Crippen molar-refractivity contribution in [3.8, 4) is 0 Å². The number of hydrogen-bond donors (Lipinski definition) is 0. The SMILES string of the molecule is C=C(C)C(C)(C)C.C=CC(=O)OCCOC(C)(C)C.C=CC(C)(C)C. The minimum atomic E-state index is -0.410. The van der Waals surface area contributed by atoms with Crippen LogP contribution in [0.5, 0.6) is 0 Å². The molecule has 0 aromatic heterocycles. The van der Waals surface area contributed by atoms with Crippen LogP contribution in [0, 0.1) is 10.8 Å². The molecule has 0 aliphatic heterocycles. The molecular weight excluding hydrogens is 312 g/mol. The van der Waals surface area contributed by atoms with Gasteiger partial charge in [-0.1, -0.05) is 66.3 Å². The quantitative estimate of drug-likeness (QED) is 0.255. The molecule has 0 bridgehead atoms. The summed E-state index contributed by atoms with van der Waals surface area (Å²) < 4.78 is 10.0. The topological polar surface area (TPSA) is 35.5 Å². The van der Waals surface area contributed by atoms with Gasteiger partial charge in [0.15, 0.2) is 0 Å². The molecule has 0 unspecified atom stereocenters. The molecule has 0 N–H and O–H groups in total. The number of carbonyl (C=O) groups excluding carboxylic acids is 1. The van der Waals surface area contributed by atoms with E-state index >= 15 is 0 Å². The maximum absolute atomic E-state index is 10.5. The maximum atomic E-state index is 10.5. The van der Waals surface area contributed by atoms with E-state index in [1.807, 2.05) is 26.8 Å². The summed E-state index contributed by atoms with van der Waals surface area (Å²) in [4.78, 5) is 10.5. The average Bonchev–Trinajstić information content (AvgIpc) is 2.41. The van der Waals surface area contributed by atoms with E-state index in [9.17, 15) is 4.79 Å². The lowest BCUT2D eigenvalue weighted by atomic mass is 9.89. The highest BCUT2D eigenvalue weighted by Gasteiger charge is 2.09. The lowest BCUT2D eigenvalue weighted by molar-refractivity contribution is -0.140. The molecule has 0 amide bonds. The molecule has 0 aliphatic carbocycles. The van der Waals surface area contributed by atoms with Crippen molar-refractivity contribution < 1.29 is 14.3 Å². The molecule has 0 aliphatic rings. The van der Waals surface area contributed by atoms with E-state index in [2.05, 4.69) is 68.2 Å². The molecule has 0 atom stereocenters. The summed E-state index contributed by atoms with van der Waals surface area (Å²) in [7, 11) is 0. The molecule has 3 heteroatoms. The van der Waals surface area contributed by atoms with Crippen LogP contribution in [0.2, 0.25) is 0 Å². The van der Waals surface area contributed by atoms with Crippen molar-refractivity contribution in [2.24, 2.45) is 10.8 Å². The van der Waals surface area contributed by atoms with Gasteiger partial charge < -0.3 is 9.47 Å². The molecule has 0 aromatic carbocycles. The Labute approximate surface area is 157 Å². The van der Waals surface area contributed by atoms with Crippen LogP contribution >= 0.6 is 0 Å². The molecule has 0 spiro atoms. The first-order valence-corrected chi connectivity index (χ1v) is 8.69. The van der Waals surface area contributed by atoms with E-state index in [0.717, 1.165) is 6.08 Å². The molecule has 0 heterocycles. The Morgan fingerprint density at radius 3 is 1.48 bits per heavy atom. The van der Waals surface area contributed by atoms with Crippen molar-refractivity contribution in [2.75, 3.05) is 13.2 Å². The Balaban J connectivity index is -0.000000317. The summed E-state index contributed by atoms with van der Waals surface area (Å²) in [6.07, 6.45) is 3.07. The normalized spacial score (nSPS) is 11.1. The fourth-order valence-electron chi connectivity index (χ4n) is 0.549. The second kappa shape index (κ2) is 12.9. The number of esters is 1. The van der Waals surface area contributed by atoms with Crippen LogP contribution in [0.4, 0.5) is 0 Å². The molecule has 0 aromatic rings. The van der Waals surface area contributed by atoms with Crippen LogP contribution in [-0.2, 0) is 14.3 Å². The summed E-state index contributed by atoms with van der Waals surface area (Å²) in [6.45, 7) is 32.2. The van der Waals surface area contributed by atoms with Gasteiger partial charge in [-0.25, -0.2) is 4.79 Å². The van der Waals surface area contributed by atoms with Gasteiger partial charge in [0, 0.05) is 6.08 Å². The highest BCUT2D eigenvalue weighted by atomic mass is 16.6. The molecule has 0 saturated carbocycles. The summed E-state index contributed by atoms with van der Waals surface area (Å²) in [5, 5.41) is 0. The van der Waals surface area contributed by atoms with Crippen molar-refractivity contribution in [1.29, 1.82) is 0 Å². The van der Waals surface area contributed by atoms with E-state index in [1.54, 1.807) is 0 Å². The van der Waals surface area contributed by atoms with Gasteiger partial charge in [0.1, 0.15) is 6.61 Å². The van der Waals surface area contributed by atoms with Crippen LogP contribution in [0.1, 0.15) is 69.2 Å². The van der Waals surface area contributed by atoms with Gasteiger partial charge in [-0.3, -0.25) is 0 Å². The second-order valence-electron chi connectivity index (χ2n) is 8.93. The van der Waals surface area contributed by atoms with E-state index < -0.39 is 5.97 Å². The third-order valence-electron chi connectivity index (χ3n) is 2.92. The lowest BCUT2D eigenvalue weighted by Crippen LogP contribution is -2.22. The van der Waals surface area contributed by atoms with E-state index in [1.165, 1.54) is 5.57 Å². The molecule has 3 nitrogen and oxygen atoms in total. The molecular formula is C22H42O3. The third-order valence-corrected chi connectivity index (χ3v) is 2.92. The predicted molar refractivity (Wildman–Crippen MR) is 111 cm³/mol. The van der Waals surface area contributed by atoms with Gasteiger partial charge in [-0.15, -0.1) is 6.58 Å². The van der Waals surface area contributed by atoms with E-state index in [4.69, 9.17) is 9.47 Å². The number of hydrogen-bond acceptors (Lipinski definition) is 3. The van der Waals surface area contributed by atoms with Crippen molar-refractivity contribution in [2.45, 2.75) is 74.8 Å². The first kappa shape index (κ1) is 28.5. The lowest BCUT2D eigenvalue weighted by Gasteiger charge is -2.18. The second-order valence-corrected chi connectivity index (χ2v) is 8.93. The van der Waals surface area contributed by atoms with Gasteiger partial charge in [-0.2, -0.15) is 0 Å². The Kier molecular flexibility index (Phi) is 14.7. The van der Waals surface area contributed by atoms with E-state index in [-0.39, 0.29) is 12.2 Å². The minimum Gasteiger partial charge on any atom is -0.460 e. The van der Waals surface area contributed by atoms with Crippen LogP contribution in [0.3, 0.4) is 0 Å². The summed E-state index contributed by atoms with van der Waals surface area (Å²) in [5.74, 6) is -0.410. The number of allylic oxidation sites excluding steroid dienone is 2. The smallest absolute Gasteiger partial charge is 0.330 e.